The van der Waals surface area contributed by atoms with Crippen LogP contribution >= 0.6 is 0 Å². The molecular formula is C24H29NO5. The second kappa shape index (κ2) is 11.0. The van der Waals surface area contributed by atoms with Gasteiger partial charge in [-0.3, -0.25) is 9.59 Å². The molecule has 6 nitrogen and oxygen atoms in total. The van der Waals surface area contributed by atoms with Crippen LogP contribution in [0.4, 0.5) is 0 Å². The molecule has 1 N–H and O–H groups in total. The van der Waals surface area contributed by atoms with Gasteiger partial charge in [0.15, 0.2) is 0 Å². The number of nitrogens with one attached hydrogen (secondary N) is 1. The molecule has 1 atom stereocenters. The van der Waals surface area contributed by atoms with Crippen LogP contribution in [0.5, 0.6) is 11.5 Å². The summed E-state index contributed by atoms with van der Waals surface area (Å²) in [5.41, 5.74) is 2.64. The summed E-state index contributed by atoms with van der Waals surface area (Å²) in [6.45, 7) is 5.55. The maximum absolute atomic E-state index is 12.6. The van der Waals surface area contributed by atoms with Gasteiger partial charge in [0, 0.05) is 11.6 Å². The fourth-order valence-electron chi connectivity index (χ4n) is 2.94. The molecule has 0 aromatic heterocycles. The van der Waals surface area contributed by atoms with Crippen LogP contribution in [0.3, 0.4) is 0 Å². The molecular weight excluding hydrogens is 382 g/mol. The van der Waals surface area contributed by atoms with Crippen molar-refractivity contribution in [1.82, 2.24) is 5.32 Å². The summed E-state index contributed by atoms with van der Waals surface area (Å²) in [5, 5.41) is 2.89. The predicted molar refractivity (Wildman–Crippen MR) is 116 cm³/mol. The number of hydrogen-bond acceptors (Lipinski definition) is 5. The first kappa shape index (κ1) is 23.0. The van der Waals surface area contributed by atoms with E-state index in [4.69, 9.17) is 14.2 Å². The number of carbonyl (C=O) groups excluding carboxylic acids is 2. The van der Waals surface area contributed by atoms with Crippen molar-refractivity contribution in [2.75, 3.05) is 14.2 Å². The van der Waals surface area contributed by atoms with E-state index in [-0.39, 0.29) is 24.4 Å². The van der Waals surface area contributed by atoms with E-state index >= 15 is 0 Å². The molecule has 0 fully saturated rings. The molecule has 1 amide bonds. The molecule has 2 aromatic carbocycles. The molecule has 2 aromatic rings. The first-order chi connectivity index (χ1) is 14.3. The first-order valence-electron chi connectivity index (χ1n) is 9.79. The zero-order valence-electron chi connectivity index (χ0n) is 18.1. The van der Waals surface area contributed by atoms with E-state index in [1.165, 1.54) is 6.08 Å². The maximum Gasteiger partial charge on any atom is 0.308 e. The van der Waals surface area contributed by atoms with Gasteiger partial charge in [0.2, 0.25) is 5.91 Å². The quantitative estimate of drug-likeness (QED) is 0.494. The molecule has 0 radical (unpaired) electrons. The number of amides is 1. The van der Waals surface area contributed by atoms with Gasteiger partial charge in [-0.15, -0.1) is 0 Å². The van der Waals surface area contributed by atoms with Crippen molar-refractivity contribution in [3.8, 4) is 11.5 Å². The zero-order valence-corrected chi connectivity index (χ0v) is 18.1. The van der Waals surface area contributed by atoms with Crippen LogP contribution in [0.15, 0.2) is 48.5 Å². The lowest BCUT2D eigenvalue weighted by molar-refractivity contribution is -0.148. The Labute approximate surface area is 177 Å². The lowest BCUT2D eigenvalue weighted by Gasteiger charge is -2.19. The van der Waals surface area contributed by atoms with E-state index in [2.05, 4.69) is 5.32 Å². The van der Waals surface area contributed by atoms with Gasteiger partial charge in [-0.2, -0.15) is 0 Å². The van der Waals surface area contributed by atoms with E-state index in [1.54, 1.807) is 46.3 Å². The van der Waals surface area contributed by atoms with Crippen LogP contribution in [-0.4, -0.2) is 32.2 Å². The van der Waals surface area contributed by atoms with Gasteiger partial charge in [0.05, 0.1) is 32.8 Å². The van der Waals surface area contributed by atoms with Gasteiger partial charge in [-0.05, 0) is 56.7 Å². The van der Waals surface area contributed by atoms with Crippen LogP contribution in [0.25, 0.3) is 6.08 Å². The summed E-state index contributed by atoms with van der Waals surface area (Å²) >= 11 is 0. The summed E-state index contributed by atoms with van der Waals surface area (Å²) in [6.07, 6.45) is 2.93. The Morgan fingerprint density at radius 2 is 1.73 bits per heavy atom. The smallest absolute Gasteiger partial charge is 0.308 e. The van der Waals surface area contributed by atoms with E-state index in [0.29, 0.717) is 11.5 Å². The third-order valence-electron chi connectivity index (χ3n) is 4.37. The average Bonchev–Trinajstić information content (AvgIpc) is 2.71. The SMILES string of the molecule is COc1ccc(C(CC(=O)OC(C)C)NC(=O)/C=C/c2cc(C)ccc2OC)cc1. The molecule has 2 rings (SSSR count). The molecule has 0 saturated carbocycles. The molecule has 30 heavy (non-hydrogen) atoms. The predicted octanol–water partition coefficient (Wildman–Crippen LogP) is 4.22. The number of rotatable bonds is 9. The Bertz CT molecular complexity index is 887. The molecule has 1 unspecified atom stereocenters. The number of aryl methyl sites for hydroxylation is 1. The largest absolute Gasteiger partial charge is 0.497 e. The van der Waals surface area contributed by atoms with Crippen LogP contribution in [0.1, 0.15) is 43.0 Å². The van der Waals surface area contributed by atoms with E-state index in [1.807, 2.05) is 37.3 Å². The number of esters is 1. The minimum atomic E-state index is -0.529. The Hall–Kier alpha value is -3.28. The maximum atomic E-state index is 12.6. The highest BCUT2D eigenvalue weighted by atomic mass is 16.5. The van der Waals surface area contributed by atoms with Crippen molar-refractivity contribution < 1.29 is 23.8 Å². The molecule has 0 aliphatic heterocycles. The number of ether oxygens (including phenoxy) is 3. The van der Waals surface area contributed by atoms with Crippen LogP contribution in [0.2, 0.25) is 0 Å². The second-order valence-electron chi connectivity index (χ2n) is 7.16. The third-order valence-corrected chi connectivity index (χ3v) is 4.37. The molecule has 0 spiro atoms. The summed E-state index contributed by atoms with van der Waals surface area (Å²) in [7, 11) is 3.17. The number of hydrogen-bond donors (Lipinski definition) is 1. The minimum Gasteiger partial charge on any atom is -0.497 e. The van der Waals surface area contributed by atoms with Crippen molar-refractivity contribution in [2.45, 2.75) is 39.3 Å². The first-order valence-corrected chi connectivity index (χ1v) is 9.79. The summed E-state index contributed by atoms with van der Waals surface area (Å²) in [5.74, 6) is 0.670. The Morgan fingerprint density at radius 1 is 1.03 bits per heavy atom. The van der Waals surface area contributed by atoms with Crippen LogP contribution in [-0.2, 0) is 14.3 Å². The van der Waals surface area contributed by atoms with Gasteiger partial charge < -0.3 is 19.5 Å². The van der Waals surface area contributed by atoms with Crippen molar-refractivity contribution >= 4 is 18.0 Å². The van der Waals surface area contributed by atoms with E-state index < -0.39 is 6.04 Å². The number of carbonyl (C=O) groups is 2. The highest BCUT2D eigenvalue weighted by Gasteiger charge is 2.19. The van der Waals surface area contributed by atoms with E-state index in [9.17, 15) is 9.59 Å². The molecule has 0 aliphatic rings. The van der Waals surface area contributed by atoms with Crippen molar-refractivity contribution in [3.05, 3.63) is 65.2 Å². The highest BCUT2D eigenvalue weighted by molar-refractivity contribution is 5.92. The summed E-state index contributed by atoms with van der Waals surface area (Å²) in [6, 6.07) is 12.4. The van der Waals surface area contributed by atoms with Crippen LogP contribution < -0.4 is 14.8 Å². The second-order valence-corrected chi connectivity index (χ2v) is 7.16. The highest BCUT2D eigenvalue weighted by Crippen LogP contribution is 2.23. The van der Waals surface area contributed by atoms with Gasteiger partial charge in [0.1, 0.15) is 11.5 Å². The van der Waals surface area contributed by atoms with Gasteiger partial charge in [-0.25, -0.2) is 0 Å². The minimum absolute atomic E-state index is 0.0256. The summed E-state index contributed by atoms with van der Waals surface area (Å²) in [4.78, 5) is 24.8. The zero-order chi connectivity index (χ0) is 22.1. The third kappa shape index (κ3) is 6.95. The van der Waals surface area contributed by atoms with Gasteiger partial charge in [-0.1, -0.05) is 23.8 Å². The normalized spacial score (nSPS) is 11.9. The Kier molecular flexibility index (Phi) is 8.47. The fourth-order valence-corrected chi connectivity index (χ4v) is 2.94. The molecule has 0 heterocycles. The Balaban J connectivity index is 2.18. The van der Waals surface area contributed by atoms with E-state index in [0.717, 1.165) is 16.7 Å². The molecule has 160 valence electrons. The molecule has 0 bridgehead atoms. The number of benzene rings is 2. The number of methoxy groups -OCH3 is 2. The summed E-state index contributed by atoms with van der Waals surface area (Å²) < 4.78 is 15.8. The average molecular weight is 411 g/mol. The fraction of sp³-hybridized carbons (Fsp3) is 0.333. The van der Waals surface area contributed by atoms with Crippen LogP contribution in [0, 0.1) is 6.92 Å². The molecule has 0 saturated heterocycles. The topological polar surface area (TPSA) is 73.9 Å². The van der Waals surface area contributed by atoms with Gasteiger partial charge >= 0.3 is 5.97 Å². The van der Waals surface area contributed by atoms with Crippen molar-refractivity contribution in [1.29, 1.82) is 0 Å². The monoisotopic (exact) mass is 411 g/mol. The lowest BCUT2D eigenvalue weighted by atomic mass is 10.0. The molecule has 0 aliphatic carbocycles. The van der Waals surface area contributed by atoms with Crippen molar-refractivity contribution in [2.24, 2.45) is 0 Å². The lowest BCUT2D eigenvalue weighted by Crippen LogP contribution is -2.29. The molecule has 6 heteroatoms. The van der Waals surface area contributed by atoms with Gasteiger partial charge in [0.25, 0.3) is 0 Å². The van der Waals surface area contributed by atoms with Crippen molar-refractivity contribution in [3.63, 3.8) is 0 Å². The standard InChI is InChI=1S/C24H29NO5/c1-16(2)30-24(27)15-21(18-7-10-20(28-4)11-8-18)25-23(26)13-9-19-14-17(3)6-12-22(19)29-5/h6-14,16,21H,15H2,1-5H3,(H,25,26)/b13-9+. The Morgan fingerprint density at radius 3 is 2.33 bits per heavy atom.